The molecule has 0 spiro atoms. The molecule has 1 atom stereocenters. The number of carbonyl (C=O) groups is 1. The molecule has 0 aliphatic carbocycles. The van der Waals surface area contributed by atoms with Crippen molar-refractivity contribution in [2.24, 2.45) is 0 Å². The Labute approximate surface area is 219 Å². The number of likely N-dealkylation sites (tertiary alicyclic amines) is 1. The largest absolute Gasteiger partial charge is 0.370 e. The van der Waals surface area contributed by atoms with Crippen LogP contribution in [0.1, 0.15) is 66.6 Å². The molecule has 0 bridgehead atoms. The summed E-state index contributed by atoms with van der Waals surface area (Å²) in [5.41, 5.74) is 12.0. The third-order valence-electron chi connectivity index (χ3n) is 7.21. The van der Waals surface area contributed by atoms with Crippen LogP contribution in [0, 0.1) is 0 Å². The van der Waals surface area contributed by atoms with Crippen LogP contribution in [0.5, 0.6) is 0 Å². The average molecular weight is 497 g/mol. The molecule has 3 aromatic rings. The van der Waals surface area contributed by atoms with Crippen LogP contribution in [0.25, 0.3) is 11.8 Å². The van der Waals surface area contributed by atoms with E-state index in [-0.39, 0.29) is 5.95 Å². The van der Waals surface area contributed by atoms with E-state index in [4.69, 9.17) is 5.73 Å². The molecule has 0 amide bonds. The minimum Gasteiger partial charge on any atom is -0.370 e. The van der Waals surface area contributed by atoms with Crippen molar-refractivity contribution < 1.29 is 4.79 Å². The third-order valence-corrected chi connectivity index (χ3v) is 7.21. The minimum absolute atomic E-state index is 0.202. The van der Waals surface area contributed by atoms with Gasteiger partial charge in [-0.3, -0.25) is 4.90 Å². The standard InChI is InChI=1S/C30H36N6O/c1-2-3-15-32-29-28-25(33-30(31)34-29)18-26(24-9-5-4-6-10-24)36(27(28)21-37)20-23-13-11-22(12-14-23)19-35-16-7-8-17-35/h4-6,9-14,18,21,27H,2-3,7-8,15-17,19-20H2,1H3,(H3,31,32,33,34). The Morgan fingerprint density at radius 1 is 1.00 bits per heavy atom. The molecule has 1 saturated heterocycles. The summed E-state index contributed by atoms with van der Waals surface area (Å²) in [5.74, 6) is 0.843. The number of hydrogen-bond acceptors (Lipinski definition) is 7. The number of aromatic nitrogens is 2. The fourth-order valence-corrected chi connectivity index (χ4v) is 5.27. The zero-order chi connectivity index (χ0) is 25.6. The van der Waals surface area contributed by atoms with Crippen molar-refractivity contribution in [3.63, 3.8) is 0 Å². The summed E-state index contributed by atoms with van der Waals surface area (Å²) in [4.78, 5) is 26.4. The highest BCUT2D eigenvalue weighted by Crippen LogP contribution is 2.41. The molecule has 0 saturated carbocycles. The van der Waals surface area contributed by atoms with Crippen molar-refractivity contribution >= 4 is 29.8 Å². The van der Waals surface area contributed by atoms with Crippen molar-refractivity contribution in [2.45, 2.75) is 51.7 Å². The number of unbranched alkanes of at least 4 members (excludes halogenated alkanes) is 1. The number of nitrogens with two attached hydrogens (primary N) is 1. The Hall–Kier alpha value is -3.71. The maximum absolute atomic E-state index is 12.7. The number of nitrogen functional groups attached to an aromatic ring is 1. The molecular formula is C30H36N6O. The number of benzene rings is 2. The Bertz CT molecular complexity index is 1230. The Kier molecular flexibility index (Phi) is 7.80. The molecule has 3 N–H and O–H groups in total. The van der Waals surface area contributed by atoms with E-state index in [9.17, 15) is 4.79 Å². The maximum Gasteiger partial charge on any atom is 0.222 e. The number of carbonyl (C=O) groups excluding carboxylic acids is 1. The first-order chi connectivity index (χ1) is 18.2. The summed E-state index contributed by atoms with van der Waals surface area (Å²) in [6.07, 6.45) is 7.69. The highest BCUT2D eigenvalue weighted by Gasteiger charge is 2.33. The summed E-state index contributed by atoms with van der Waals surface area (Å²) >= 11 is 0. The van der Waals surface area contributed by atoms with Gasteiger partial charge in [0.25, 0.3) is 0 Å². The van der Waals surface area contributed by atoms with E-state index in [2.05, 4.69) is 68.4 Å². The van der Waals surface area contributed by atoms with Gasteiger partial charge in [0.15, 0.2) is 0 Å². The Morgan fingerprint density at radius 2 is 1.70 bits per heavy atom. The van der Waals surface area contributed by atoms with Crippen LogP contribution in [0.3, 0.4) is 0 Å². The van der Waals surface area contributed by atoms with Crippen LogP contribution < -0.4 is 11.1 Å². The molecule has 1 unspecified atom stereocenters. The van der Waals surface area contributed by atoms with Crippen molar-refractivity contribution in [1.82, 2.24) is 19.8 Å². The molecule has 7 heteroatoms. The van der Waals surface area contributed by atoms with Crippen molar-refractivity contribution in [3.05, 3.63) is 82.5 Å². The molecule has 2 aliphatic heterocycles. The van der Waals surface area contributed by atoms with E-state index in [1.807, 2.05) is 24.3 Å². The first kappa shape index (κ1) is 25.0. The Balaban J connectivity index is 1.50. The van der Waals surface area contributed by atoms with E-state index in [0.717, 1.165) is 54.6 Å². The number of fused-ring (bicyclic) bond motifs is 1. The molecule has 2 aliphatic rings. The average Bonchev–Trinajstić information content (AvgIpc) is 3.43. The lowest BCUT2D eigenvalue weighted by molar-refractivity contribution is -0.111. The first-order valence-corrected chi connectivity index (χ1v) is 13.4. The zero-order valence-corrected chi connectivity index (χ0v) is 21.6. The lowest BCUT2D eigenvalue weighted by Crippen LogP contribution is -2.33. The fraction of sp³-hybridized carbons (Fsp3) is 0.367. The normalized spacial score (nSPS) is 17.4. The summed E-state index contributed by atoms with van der Waals surface area (Å²) in [7, 11) is 0. The lowest BCUT2D eigenvalue weighted by Gasteiger charge is -2.37. The number of nitrogens with zero attached hydrogens (tertiary/aromatic N) is 4. The van der Waals surface area contributed by atoms with Crippen molar-refractivity contribution in [3.8, 4) is 0 Å². The van der Waals surface area contributed by atoms with E-state index in [1.165, 1.54) is 31.5 Å². The van der Waals surface area contributed by atoms with Gasteiger partial charge in [-0.2, -0.15) is 4.98 Å². The summed E-state index contributed by atoms with van der Waals surface area (Å²) in [6.45, 7) is 6.86. The van der Waals surface area contributed by atoms with Crippen LogP contribution in [-0.2, 0) is 17.9 Å². The number of nitrogens with one attached hydrogen (secondary N) is 1. The van der Waals surface area contributed by atoms with E-state index in [0.29, 0.717) is 18.1 Å². The molecule has 37 heavy (non-hydrogen) atoms. The number of rotatable bonds is 10. The van der Waals surface area contributed by atoms with Gasteiger partial charge < -0.3 is 20.7 Å². The number of hydrogen-bond donors (Lipinski definition) is 2. The predicted octanol–water partition coefficient (Wildman–Crippen LogP) is 5.12. The van der Waals surface area contributed by atoms with E-state index in [1.54, 1.807) is 0 Å². The summed E-state index contributed by atoms with van der Waals surface area (Å²) in [5, 5.41) is 3.41. The highest BCUT2D eigenvalue weighted by molar-refractivity contribution is 5.88. The molecule has 5 rings (SSSR count). The predicted molar refractivity (Wildman–Crippen MR) is 149 cm³/mol. The molecule has 2 aromatic carbocycles. The van der Waals surface area contributed by atoms with Crippen molar-refractivity contribution in [1.29, 1.82) is 0 Å². The fourth-order valence-electron chi connectivity index (χ4n) is 5.27. The van der Waals surface area contributed by atoms with Gasteiger partial charge in [-0.15, -0.1) is 0 Å². The van der Waals surface area contributed by atoms with Gasteiger partial charge in [-0.1, -0.05) is 67.9 Å². The SMILES string of the molecule is CCCCNc1nc(N)nc2c1C(C=O)N(Cc1ccc(CN3CCCC3)cc1)C(c1ccccc1)=C2. The molecule has 192 valence electrons. The van der Waals surface area contributed by atoms with Crippen LogP contribution >= 0.6 is 0 Å². The van der Waals surface area contributed by atoms with Gasteiger partial charge in [0, 0.05) is 25.3 Å². The van der Waals surface area contributed by atoms with Gasteiger partial charge in [0.1, 0.15) is 18.1 Å². The topological polar surface area (TPSA) is 87.4 Å². The van der Waals surface area contributed by atoms with Gasteiger partial charge >= 0.3 is 0 Å². The van der Waals surface area contributed by atoms with Gasteiger partial charge in [-0.25, -0.2) is 4.98 Å². The minimum atomic E-state index is -0.538. The third kappa shape index (κ3) is 5.67. The quantitative estimate of drug-likeness (QED) is 0.297. The molecule has 0 radical (unpaired) electrons. The molecule has 3 heterocycles. The second-order valence-corrected chi connectivity index (χ2v) is 9.91. The van der Waals surface area contributed by atoms with Crippen molar-refractivity contribution in [2.75, 3.05) is 30.7 Å². The Morgan fingerprint density at radius 3 is 2.38 bits per heavy atom. The van der Waals surface area contributed by atoms with Gasteiger partial charge in [0.2, 0.25) is 5.95 Å². The first-order valence-electron chi connectivity index (χ1n) is 13.4. The van der Waals surface area contributed by atoms with Crippen LogP contribution in [0.15, 0.2) is 54.6 Å². The highest BCUT2D eigenvalue weighted by atomic mass is 16.1. The number of aldehydes is 1. The van der Waals surface area contributed by atoms with Crippen LogP contribution in [0.2, 0.25) is 0 Å². The monoisotopic (exact) mass is 496 g/mol. The zero-order valence-electron chi connectivity index (χ0n) is 21.6. The number of anilines is 2. The van der Waals surface area contributed by atoms with E-state index < -0.39 is 6.04 Å². The summed E-state index contributed by atoms with van der Waals surface area (Å²) < 4.78 is 0. The molecule has 1 fully saturated rings. The second kappa shape index (κ2) is 11.6. The molecule has 7 nitrogen and oxygen atoms in total. The molecular weight excluding hydrogens is 460 g/mol. The second-order valence-electron chi connectivity index (χ2n) is 9.91. The smallest absolute Gasteiger partial charge is 0.222 e. The van der Waals surface area contributed by atoms with Gasteiger partial charge in [0.05, 0.1) is 11.3 Å². The lowest BCUT2D eigenvalue weighted by atomic mass is 9.94. The molecule has 1 aromatic heterocycles. The maximum atomic E-state index is 12.7. The van der Waals surface area contributed by atoms with Gasteiger partial charge in [-0.05, 0) is 55.1 Å². The summed E-state index contributed by atoms with van der Waals surface area (Å²) in [6, 6.07) is 18.4. The van der Waals surface area contributed by atoms with Crippen LogP contribution in [0.4, 0.5) is 11.8 Å². The van der Waals surface area contributed by atoms with E-state index >= 15 is 0 Å². The van der Waals surface area contributed by atoms with Crippen LogP contribution in [-0.4, -0.2) is 45.7 Å².